The summed E-state index contributed by atoms with van der Waals surface area (Å²) in [5.74, 6) is 0. The molecule has 0 unspecified atom stereocenters. The Hall–Kier alpha value is -0.970. The molecule has 0 spiro atoms. The van der Waals surface area contributed by atoms with E-state index in [0.717, 1.165) is 0 Å². The first-order chi connectivity index (χ1) is 12.5. The van der Waals surface area contributed by atoms with Crippen molar-refractivity contribution in [2.75, 3.05) is 7.05 Å². The molecule has 0 fully saturated rings. The van der Waals surface area contributed by atoms with Crippen molar-refractivity contribution in [1.82, 2.24) is 10.2 Å². The Kier molecular flexibility index (Phi) is 7.46. The molecule has 9 heteroatoms. The van der Waals surface area contributed by atoms with E-state index >= 15 is 0 Å². The first-order valence-corrected chi connectivity index (χ1v) is 9.61. The van der Waals surface area contributed by atoms with Gasteiger partial charge in [-0.05, 0) is 31.9 Å². The van der Waals surface area contributed by atoms with E-state index in [9.17, 15) is 13.2 Å². The molecular formula is C18H17Cl4F3N2. The largest absolute Gasteiger partial charge is 0.438 e. The molecule has 0 aromatic rings. The first-order valence-electron chi connectivity index (χ1n) is 7.98. The summed E-state index contributed by atoms with van der Waals surface area (Å²) in [4.78, 5) is 1.49. The van der Waals surface area contributed by atoms with Crippen molar-refractivity contribution < 1.29 is 13.2 Å². The van der Waals surface area contributed by atoms with Gasteiger partial charge in [0.05, 0.1) is 37.9 Å². The molecule has 0 aliphatic heterocycles. The number of hydrogen-bond donors (Lipinski definition) is 1. The van der Waals surface area contributed by atoms with Gasteiger partial charge < -0.3 is 10.2 Å². The molecule has 0 heterocycles. The second-order valence-corrected chi connectivity index (χ2v) is 7.84. The van der Waals surface area contributed by atoms with E-state index in [1.807, 2.05) is 0 Å². The van der Waals surface area contributed by atoms with E-state index in [1.165, 1.54) is 17.9 Å². The van der Waals surface area contributed by atoms with Crippen LogP contribution in [-0.4, -0.2) is 28.9 Å². The number of hydrogen-bond acceptors (Lipinski definition) is 2. The van der Waals surface area contributed by atoms with Crippen LogP contribution in [0.1, 0.15) is 19.8 Å². The van der Waals surface area contributed by atoms with Gasteiger partial charge in [0.1, 0.15) is 0 Å². The van der Waals surface area contributed by atoms with E-state index in [1.54, 1.807) is 25.3 Å². The third-order valence-corrected chi connectivity index (χ3v) is 5.47. The van der Waals surface area contributed by atoms with Gasteiger partial charge >= 0.3 is 6.18 Å². The van der Waals surface area contributed by atoms with Crippen LogP contribution in [0.3, 0.4) is 0 Å². The second kappa shape index (κ2) is 9.02. The fraction of sp³-hybridized carbons (Fsp3) is 0.389. The van der Waals surface area contributed by atoms with E-state index < -0.39 is 22.6 Å². The molecule has 2 aliphatic rings. The summed E-state index contributed by atoms with van der Waals surface area (Å²) in [6.07, 6.45) is 2.90. The fourth-order valence-electron chi connectivity index (χ4n) is 2.55. The molecule has 0 aromatic heterocycles. The number of alkyl halides is 5. The van der Waals surface area contributed by atoms with Crippen molar-refractivity contribution in [3.8, 4) is 0 Å². The maximum absolute atomic E-state index is 13.6. The van der Waals surface area contributed by atoms with Crippen LogP contribution in [0.2, 0.25) is 0 Å². The second-order valence-electron chi connectivity index (χ2n) is 5.97. The van der Waals surface area contributed by atoms with Crippen LogP contribution in [-0.2, 0) is 0 Å². The Balaban J connectivity index is 2.47. The summed E-state index contributed by atoms with van der Waals surface area (Å²) >= 11 is 24.5. The summed E-state index contributed by atoms with van der Waals surface area (Å²) < 4.78 is 40.7. The van der Waals surface area contributed by atoms with Crippen molar-refractivity contribution in [3.63, 3.8) is 0 Å². The molecule has 0 saturated heterocycles. The standard InChI is InChI=1S/C18H17Cl4F3N2/c1-10(27(2)17-13(21)7-4-8-14(17)22)9-15(18(23,24)25)26-16-11(19)5-3-6-12(16)20/h3-5,7,12,14,26H,6,8H2,1-2H3/t9?,12-,14+/m0/s1. The Bertz CT molecular complexity index is 787. The highest BCUT2D eigenvalue weighted by molar-refractivity contribution is 6.33. The van der Waals surface area contributed by atoms with Crippen LogP contribution in [0.15, 0.2) is 62.9 Å². The number of nitrogens with zero attached hydrogens (tertiary/aromatic N) is 1. The van der Waals surface area contributed by atoms with E-state index in [0.29, 0.717) is 23.6 Å². The highest BCUT2D eigenvalue weighted by atomic mass is 35.5. The zero-order valence-electron chi connectivity index (χ0n) is 14.5. The van der Waals surface area contributed by atoms with Crippen molar-refractivity contribution in [1.29, 1.82) is 0 Å². The summed E-state index contributed by atoms with van der Waals surface area (Å²) in [7, 11) is 1.59. The van der Waals surface area contributed by atoms with Gasteiger partial charge in [-0.3, -0.25) is 0 Å². The quantitative estimate of drug-likeness (QED) is 0.381. The van der Waals surface area contributed by atoms with Crippen LogP contribution in [0.4, 0.5) is 13.2 Å². The van der Waals surface area contributed by atoms with Gasteiger partial charge in [-0.15, -0.1) is 23.2 Å². The molecule has 1 N–H and O–H groups in total. The maximum atomic E-state index is 13.6. The molecular weight excluding hydrogens is 443 g/mol. The minimum absolute atomic E-state index is 0.0872. The minimum atomic E-state index is -4.69. The molecule has 0 bridgehead atoms. The van der Waals surface area contributed by atoms with Crippen LogP contribution in [0.25, 0.3) is 0 Å². The van der Waals surface area contributed by atoms with Crippen molar-refractivity contribution in [3.05, 3.63) is 62.9 Å². The predicted molar refractivity (Wildman–Crippen MR) is 106 cm³/mol. The van der Waals surface area contributed by atoms with Gasteiger partial charge in [0.15, 0.2) is 5.70 Å². The highest BCUT2D eigenvalue weighted by Gasteiger charge is 2.36. The Morgan fingerprint density at radius 2 is 1.67 bits per heavy atom. The average molecular weight is 460 g/mol. The van der Waals surface area contributed by atoms with E-state index in [-0.39, 0.29) is 16.4 Å². The van der Waals surface area contributed by atoms with Crippen molar-refractivity contribution in [2.45, 2.75) is 36.7 Å². The Morgan fingerprint density at radius 3 is 2.19 bits per heavy atom. The lowest BCUT2D eigenvalue weighted by Gasteiger charge is -2.28. The lowest BCUT2D eigenvalue weighted by molar-refractivity contribution is -0.0957. The third kappa shape index (κ3) is 5.52. The topological polar surface area (TPSA) is 15.3 Å². The number of nitrogens with one attached hydrogen (secondary N) is 1. The van der Waals surface area contributed by atoms with Gasteiger partial charge in [0.2, 0.25) is 0 Å². The lowest BCUT2D eigenvalue weighted by atomic mass is 10.1. The van der Waals surface area contributed by atoms with Crippen LogP contribution in [0, 0.1) is 0 Å². The average Bonchev–Trinajstić information content (AvgIpc) is 2.55. The number of rotatable bonds is 4. The molecule has 0 aromatic carbocycles. The van der Waals surface area contributed by atoms with Gasteiger partial charge in [-0.2, -0.15) is 13.2 Å². The van der Waals surface area contributed by atoms with E-state index in [4.69, 9.17) is 46.4 Å². The third-order valence-electron chi connectivity index (χ3n) is 4.04. The number of allylic oxidation sites excluding steroid dienone is 9. The van der Waals surface area contributed by atoms with Gasteiger partial charge in [0, 0.05) is 7.05 Å². The zero-order chi connectivity index (χ0) is 20.4. The molecule has 0 amide bonds. The Labute approximate surface area is 176 Å². The molecule has 0 radical (unpaired) electrons. The summed E-state index contributed by atoms with van der Waals surface area (Å²) in [5.41, 5.74) is 2.03. The molecule has 0 saturated carbocycles. The van der Waals surface area contributed by atoms with Gasteiger partial charge in [-0.25, -0.2) is 0 Å². The molecule has 2 nitrogen and oxygen atoms in total. The molecule has 2 aliphatic carbocycles. The predicted octanol–water partition coefficient (Wildman–Crippen LogP) is 6.49. The Morgan fingerprint density at radius 1 is 1.11 bits per heavy atom. The first kappa shape index (κ1) is 22.3. The van der Waals surface area contributed by atoms with Crippen molar-refractivity contribution >= 4 is 46.4 Å². The molecule has 148 valence electrons. The van der Waals surface area contributed by atoms with Gasteiger partial charge in [0.25, 0.3) is 0 Å². The fourth-order valence-corrected chi connectivity index (χ4v) is 3.92. The molecule has 2 rings (SSSR count). The van der Waals surface area contributed by atoms with Crippen molar-refractivity contribution in [2.24, 2.45) is 0 Å². The molecule has 2 atom stereocenters. The van der Waals surface area contributed by atoms with Crippen LogP contribution in [0.5, 0.6) is 0 Å². The zero-order valence-corrected chi connectivity index (χ0v) is 17.5. The van der Waals surface area contributed by atoms with Gasteiger partial charge in [-0.1, -0.05) is 41.1 Å². The SMILES string of the molecule is CC(=C=C(NC1=C(Cl)C=CC[C@@H]1Cl)C(F)(F)F)N(C)C1=C(Cl)C=CC[C@H]1Cl. The number of halogens is 7. The lowest BCUT2D eigenvalue weighted by Crippen LogP contribution is -2.31. The molecule has 27 heavy (non-hydrogen) atoms. The summed E-state index contributed by atoms with van der Waals surface area (Å²) in [5, 5.41) is 1.67. The monoisotopic (exact) mass is 458 g/mol. The summed E-state index contributed by atoms with van der Waals surface area (Å²) in [6, 6.07) is 0. The maximum Gasteiger partial charge on any atom is 0.438 e. The van der Waals surface area contributed by atoms with Crippen LogP contribution < -0.4 is 5.32 Å². The summed E-state index contributed by atoms with van der Waals surface area (Å²) in [6.45, 7) is 1.49. The normalized spacial score (nSPS) is 22.7. The highest BCUT2D eigenvalue weighted by Crippen LogP contribution is 2.32. The minimum Gasteiger partial charge on any atom is -0.346 e. The smallest absolute Gasteiger partial charge is 0.346 e. The van der Waals surface area contributed by atoms with E-state index in [2.05, 4.69) is 11.0 Å². The van der Waals surface area contributed by atoms with Crippen LogP contribution >= 0.6 is 46.4 Å².